The van der Waals surface area contributed by atoms with E-state index in [0.717, 1.165) is 25.3 Å². The summed E-state index contributed by atoms with van der Waals surface area (Å²) in [5.41, 5.74) is 3.51. The Hall–Kier alpha value is -2.67. The molecular formula is C17H13FN2O. The van der Waals surface area contributed by atoms with E-state index in [0.29, 0.717) is 11.3 Å². The Labute approximate surface area is 122 Å². The molecule has 1 aliphatic carbocycles. The molecule has 0 fully saturated rings. The zero-order valence-electron chi connectivity index (χ0n) is 11.3. The summed E-state index contributed by atoms with van der Waals surface area (Å²) in [5.74, 6) is -0.783. The van der Waals surface area contributed by atoms with Gasteiger partial charge in [-0.25, -0.2) is 4.39 Å². The van der Waals surface area contributed by atoms with E-state index in [-0.39, 0.29) is 11.5 Å². The number of carbonyl (C=O) groups excluding carboxylic acids is 1. The lowest BCUT2D eigenvalue weighted by atomic mass is 10.1. The Morgan fingerprint density at radius 1 is 1.14 bits per heavy atom. The number of nitriles is 1. The molecule has 0 heterocycles. The highest BCUT2D eigenvalue weighted by Crippen LogP contribution is 2.24. The third kappa shape index (κ3) is 2.63. The monoisotopic (exact) mass is 280 g/mol. The van der Waals surface area contributed by atoms with Gasteiger partial charge in [0, 0.05) is 5.56 Å². The molecule has 2 aromatic carbocycles. The number of hydrogen-bond donors (Lipinski definition) is 1. The minimum atomic E-state index is -0.498. The summed E-state index contributed by atoms with van der Waals surface area (Å²) in [6.07, 6.45) is 3.18. The Morgan fingerprint density at radius 3 is 2.76 bits per heavy atom. The molecule has 1 aliphatic rings. The number of nitrogens with one attached hydrogen (secondary N) is 1. The summed E-state index contributed by atoms with van der Waals surface area (Å²) >= 11 is 0. The summed E-state index contributed by atoms with van der Waals surface area (Å²) < 4.78 is 13.1. The smallest absolute Gasteiger partial charge is 0.255 e. The van der Waals surface area contributed by atoms with Gasteiger partial charge in [-0.05, 0) is 60.7 Å². The van der Waals surface area contributed by atoms with Crippen LogP contribution in [0.3, 0.4) is 0 Å². The van der Waals surface area contributed by atoms with Crippen molar-refractivity contribution in [2.45, 2.75) is 19.3 Å². The third-order valence-corrected chi connectivity index (χ3v) is 3.71. The van der Waals surface area contributed by atoms with Crippen molar-refractivity contribution >= 4 is 11.6 Å². The van der Waals surface area contributed by atoms with E-state index in [2.05, 4.69) is 5.32 Å². The number of rotatable bonds is 2. The standard InChI is InChI=1S/C17H13FN2O/c18-15-6-7-16(14(9-15)10-19)20-17(21)13-5-4-11-2-1-3-12(11)8-13/h4-9H,1-3H2,(H,20,21). The lowest BCUT2D eigenvalue weighted by molar-refractivity contribution is 0.102. The van der Waals surface area contributed by atoms with Crippen LogP contribution in [0.5, 0.6) is 0 Å². The van der Waals surface area contributed by atoms with Gasteiger partial charge in [-0.1, -0.05) is 6.07 Å². The SMILES string of the molecule is N#Cc1cc(F)ccc1NC(=O)c1ccc2c(c1)CCC2. The fourth-order valence-corrected chi connectivity index (χ4v) is 2.63. The average molecular weight is 280 g/mol. The highest BCUT2D eigenvalue weighted by molar-refractivity contribution is 6.05. The number of carbonyl (C=O) groups is 1. The molecule has 104 valence electrons. The van der Waals surface area contributed by atoms with Gasteiger partial charge in [0.25, 0.3) is 5.91 Å². The van der Waals surface area contributed by atoms with Gasteiger partial charge < -0.3 is 5.32 Å². The van der Waals surface area contributed by atoms with Gasteiger partial charge in [0.2, 0.25) is 0 Å². The Kier molecular flexibility index (Phi) is 3.41. The van der Waals surface area contributed by atoms with Gasteiger partial charge in [-0.2, -0.15) is 5.26 Å². The molecule has 3 nitrogen and oxygen atoms in total. The molecule has 2 aromatic rings. The molecule has 0 aromatic heterocycles. The molecule has 3 rings (SSSR count). The van der Waals surface area contributed by atoms with Crippen LogP contribution in [0.2, 0.25) is 0 Å². The highest BCUT2D eigenvalue weighted by Gasteiger charge is 2.15. The van der Waals surface area contributed by atoms with E-state index in [4.69, 9.17) is 5.26 Å². The second kappa shape index (κ2) is 5.37. The molecular weight excluding hydrogens is 267 g/mol. The lowest BCUT2D eigenvalue weighted by Gasteiger charge is -2.08. The fraction of sp³-hybridized carbons (Fsp3) is 0.176. The van der Waals surface area contributed by atoms with Gasteiger partial charge in [0.1, 0.15) is 11.9 Å². The fourth-order valence-electron chi connectivity index (χ4n) is 2.63. The molecule has 0 unspecified atom stereocenters. The van der Waals surface area contributed by atoms with Crippen LogP contribution < -0.4 is 5.32 Å². The van der Waals surface area contributed by atoms with Crippen LogP contribution in [-0.4, -0.2) is 5.91 Å². The number of hydrogen-bond acceptors (Lipinski definition) is 2. The van der Waals surface area contributed by atoms with Crippen molar-refractivity contribution in [2.75, 3.05) is 5.32 Å². The number of aryl methyl sites for hydroxylation is 2. The maximum atomic E-state index is 13.1. The topological polar surface area (TPSA) is 52.9 Å². The van der Waals surface area contributed by atoms with Crippen molar-refractivity contribution in [3.8, 4) is 6.07 Å². The number of nitrogens with zero attached hydrogens (tertiary/aromatic N) is 1. The first-order valence-corrected chi connectivity index (χ1v) is 6.80. The van der Waals surface area contributed by atoms with Crippen molar-refractivity contribution in [3.05, 3.63) is 64.5 Å². The lowest BCUT2D eigenvalue weighted by Crippen LogP contribution is -2.13. The number of anilines is 1. The van der Waals surface area contributed by atoms with E-state index in [1.165, 1.54) is 23.3 Å². The molecule has 0 spiro atoms. The predicted molar refractivity (Wildman–Crippen MR) is 77.5 cm³/mol. The number of benzene rings is 2. The largest absolute Gasteiger partial charge is 0.321 e. The van der Waals surface area contributed by atoms with Crippen LogP contribution >= 0.6 is 0 Å². The van der Waals surface area contributed by atoms with Crippen molar-refractivity contribution in [2.24, 2.45) is 0 Å². The van der Waals surface area contributed by atoms with Gasteiger partial charge in [0.05, 0.1) is 11.3 Å². The van der Waals surface area contributed by atoms with Crippen molar-refractivity contribution in [3.63, 3.8) is 0 Å². The van der Waals surface area contributed by atoms with Crippen LogP contribution in [0.1, 0.15) is 33.5 Å². The molecule has 0 atom stereocenters. The van der Waals surface area contributed by atoms with Crippen LogP contribution in [0.4, 0.5) is 10.1 Å². The number of fused-ring (bicyclic) bond motifs is 1. The Bertz CT molecular complexity index is 762. The first-order valence-electron chi connectivity index (χ1n) is 6.80. The minimum absolute atomic E-state index is 0.115. The molecule has 0 saturated heterocycles. The molecule has 21 heavy (non-hydrogen) atoms. The Morgan fingerprint density at radius 2 is 1.95 bits per heavy atom. The minimum Gasteiger partial charge on any atom is -0.321 e. The highest BCUT2D eigenvalue weighted by atomic mass is 19.1. The number of amides is 1. The van der Waals surface area contributed by atoms with Gasteiger partial charge in [0.15, 0.2) is 0 Å². The molecule has 4 heteroatoms. The van der Waals surface area contributed by atoms with E-state index >= 15 is 0 Å². The normalized spacial score (nSPS) is 12.6. The van der Waals surface area contributed by atoms with Crippen molar-refractivity contribution in [1.82, 2.24) is 0 Å². The molecule has 1 N–H and O–H groups in total. The van der Waals surface area contributed by atoms with Gasteiger partial charge in [-0.15, -0.1) is 0 Å². The van der Waals surface area contributed by atoms with Gasteiger partial charge >= 0.3 is 0 Å². The molecule has 1 amide bonds. The summed E-state index contributed by atoms with van der Waals surface area (Å²) in [5, 5.41) is 11.7. The molecule has 0 radical (unpaired) electrons. The summed E-state index contributed by atoms with van der Waals surface area (Å²) in [6.45, 7) is 0. The van der Waals surface area contributed by atoms with E-state index < -0.39 is 5.82 Å². The first-order chi connectivity index (χ1) is 10.2. The first kappa shape index (κ1) is 13.3. The maximum absolute atomic E-state index is 13.1. The zero-order chi connectivity index (χ0) is 14.8. The van der Waals surface area contributed by atoms with E-state index in [1.54, 1.807) is 6.07 Å². The van der Waals surface area contributed by atoms with Crippen LogP contribution in [0, 0.1) is 17.1 Å². The third-order valence-electron chi connectivity index (χ3n) is 3.71. The zero-order valence-corrected chi connectivity index (χ0v) is 11.3. The Balaban J connectivity index is 1.85. The average Bonchev–Trinajstić information content (AvgIpc) is 2.96. The predicted octanol–water partition coefficient (Wildman–Crippen LogP) is 3.44. The molecule has 0 bridgehead atoms. The summed E-state index contributed by atoms with van der Waals surface area (Å²) in [6, 6.07) is 11.3. The van der Waals surface area contributed by atoms with Crippen LogP contribution in [0.25, 0.3) is 0 Å². The number of halogens is 1. The van der Waals surface area contributed by atoms with E-state index in [9.17, 15) is 9.18 Å². The van der Waals surface area contributed by atoms with Crippen LogP contribution in [-0.2, 0) is 12.8 Å². The summed E-state index contributed by atoms with van der Waals surface area (Å²) in [4.78, 5) is 12.3. The summed E-state index contributed by atoms with van der Waals surface area (Å²) in [7, 11) is 0. The van der Waals surface area contributed by atoms with Gasteiger partial charge in [-0.3, -0.25) is 4.79 Å². The second-order valence-electron chi connectivity index (χ2n) is 5.09. The molecule has 0 saturated carbocycles. The quantitative estimate of drug-likeness (QED) is 0.916. The van der Waals surface area contributed by atoms with Crippen LogP contribution in [0.15, 0.2) is 36.4 Å². The van der Waals surface area contributed by atoms with Crippen molar-refractivity contribution < 1.29 is 9.18 Å². The second-order valence-corrected chi connectivity index (χ2v) is 5.09. The molecule has 0 aliphatic heterocycles. The van der Waals surface area contributed by atoms with Crippen molar-refractivity contribution in [1.29, 1.82) is 5.26 Å². The van der Waals surface area contributed by atoms with E-state index in [1.807, 2.05) is 18.2 Å². The maximum Gasteiger partial charge on any atom is 0.255 e.